The molecule has 1 heterocycles. The molecule has 1 atom stereocenters. The van der Waals surface area contributed by atoms with Gasteiger partial charge in [0.25, 0.3) is 5.91 Å². The van der Waals surface area contributed by atoms with Crippen LogP contribution >= 0.6 is 15.9 Å². The first-order valence-corrected chi connectivity index (χ1v) is 8.26. The highest BCUT2D eigenvalue weighted by Gasteiger charge is 2.25. The number of nitrogens with zero attached hydrogens (tertiary/aromatic N) is 1. The lowest BCUT2D eigenvalue weighted by Crippen LogP contribution is -2.39. The van der Waals surface area contributed by atoms with Crippen LogP contribution in [0.1, 0.15) is 29.6 Å². The Bertz CT molecular complexity index is 572. The number of carbonyl (C=O) groups excluding carboxylic acids is 1. The summed E-state index contributed by atoms with van der Waals surface area (Å²) < 4.78 is 11.4. The van der Waals surface area contributed by atoms with E-state index in [0.29, 0.717) is 28.9 Å². The number of hydrogen-bond donors (Lipinski definition) is 1. The number of aliphatic carboxylic acids is 1. The van der Waals surface area contributed by atoms with Crippen LogP contribution in [0.4, 0.5) is 0 Å². The van der Waals surface area contributed by atoms with Crippen molar-refractivity contribution >= 4 is 27.8 Å². The van der Waals surface area contributed by atoms with Crippen molar-refractivity contribution in [2.45, 2.75) is 25.4 Å². The fraction of sp³-hybridized carbons (Fsp3) is 0.500. The Morgan fingerprint density at radius 3 is 2.87 bits per heavy atom. The van der Waals surface area contributed by atoms with Gasteiger partial charge in [0.05, 0.1) is 25.2 Å². The lowest BCUT2D eigenvalue weighted by molar-refractivity contribution is -0.137. The smallest absolute Gasteiger partial charge is 0.305 e. The first-order valence-electron chi connectivity index (χ1n) is 7.47. The third-order valence-electron chi connectivity index (χ3n) is 3.73. The van der Waals surface area contributed by atoms with Gasteiger partial charge in [0.15, 0.2) is 0 Å². The van der Waals surface area contributed by atoms with Crippen LogP contribution in [0.25, 0.3) is 0 Å². The molecule has 1 fully saturated rings. The topological polar surface area (TPSA) is 76.1 Å². The minimum absolute atomic E-state index is 0.0304. The molecule has 23 heavy (non-hydrogen) atoms. The Labute approximate surface area is 143 Å². The Kier molecular flexibility index (Phi) is 6.41. The first kappa shape index (κ1) is 17.7. The summed E-state index contributed by atoms with van der Waals surface area (Å²) in [7, 11) is 1.53. The molecular formula is C16H20BrNO5. The summed E-state index contributed by atoms with van der Waals surface area (Å²) >= 11 is 3.37. The number of halogens is 1. The van der Waals surface area contributed by atoms with Gasteiger partial charge < -0.3 is 19.5 Å². The average molecular weight is 386 g/mol. The number of amides is 1. The molecule has 1 N–H and O–H groups in total. The molecule has 6 nitrogen and oxygen atoms in total. The monoisotopic (exact) mass is 385 g/mol. The molecule has 1 saturated heterocycles. The van der Waals surface area contributed by atoms with E-state index in [9.17, 15) is 9.59 Å². The van der Waals surface area contributed by atoms with Crippen molar-refractivity contribution in [1.29, 1.82) is 0 Å². The van der Waals surface area contributed by atoms with E-state index in [1.54, 1.807) is 23.1 Å². The molecule has 0 bridgehead atoms. The molecule has 0 unspecified atom stereocenters. The predicted molar refractivity (Wildman–Crippen MR) is 87.8 cm³/mol. The molecule has 126 valence electrons. The van der Waals surface area contributed by atoms with Crippen molar-refractivity contribution in [2.75, 3.05) is 26.8 Å². The number of carboxylic acid groups (broad SMARTS) is 1. The molecule has 1 aromatic rings. The van der Waals surface area contributed by atoms with Gasteiger partial charge in [-0.25, -0.2) is 0 Å². The van der Waals surface area contributed by atoms with E-state index in [4.69, 9.17) is 14.6 Å². The van der Waals surface area contributed by atoms with Crippen molar-refractivity contribution in [3.8, 4) is 5.75 Å². The van der Waals surface area contributed by atoms with E-state index in [0.717, 1.165) is 12.8 Å². The Morgan fingerprint density at radius 2 is 2.26 bits per heavy atom. The molecule has 0 saturated carbocycles. The number of carboxylic acids is 1. The summed E-state index contributed by atoms with van der Waals surface area (Å²) in [5, 5.41) is 8.91. The number of methoxy groups -OCH3 is 1. The molecular weight excluding hydrogens is 366 g/mol. The van der Waals surface area contributed by atoms with Gasteiger partial charge in [-0.3, -0.25) is 9.59 Å². The van der Waals surface area contributed by atoms with Crippen molar-refractivity contribution in [3.63, 3.8) is 0 Å². The molecule has 1 aliphatic heterocycles. The molecule has 7 heteroatoms. The number of rotatable bonds is 7. The molecule has 0 aromatic heterocycles. The SMILES string of the molecule is COc1ccc(Br)c(C(=O)N(CCC(=O)O)C[C@H]2CCCO2)c1. The molecule has 1 aromatic carbocycles. The van der Waals surface area contributed by atoms with Crippen LogP contribution in [-0.2, 0) is 9.53 Å². The Balaban J connectivity index is 2.18. The zero-order valence-corrected chi connectivity index (χ0v) is 14.5. The van der Waals surface area contributed by atoms with Crippen LogP contribution in [0.3, 0.4) is 0 Å². The van der Waals surface area contributed by atoms with Crippen molar-refractivity contribution in [2.24, 2.45) is 0 Å². The van der Waals surface area contributed by atoms with Gasteiger partial charge in [-0.1, -0.05) is 0 Å². The highest BCUT2D eigenvalue weighted by atomic mass is 79.9. The minimum Gasteiger partial charge on any atom is -0.497 e. The summed E-state index contributed by atoms with van der Waals surface area (Å²) in [5.74, 6) is -0.584. The van der Waals surface area contributed by atoms with Gasteiger partial charge in [-0.15, -0.1) is 0 Å². The van der Waals surface area contributed by atoms with E-state index in [2.05, 4.69) is 15.9 Å². The van der Waals surface area contributed by atoms with E-state index < -0.39 is 5.97 Å². The standard InChI is InChI=1S/C16H20BrNO5/c1-22-11-4-5-14(17)13(9-11)16(21)18(7-6-15(19)20)10-12-3-2-8-23-12/h4-5,9,12H,2-3,6-8,10H2,1H3,(H,19,20)/t12-/m1/s1. The molecule has 1 amide bonds. The van der Waals surface area contributed by atoms with Gasteiger partial charge in [0.1, 0.15) is 5.75 Å². The van der Waals surface area contributed by atoms with Crippen molar-refractivity contribution in [3.05, 3.63) is 28.2 Å². The second-order valence-electron chi connectivity index (χ2n) is 5.38. The van der Waals surface area contributed by atoms with E-state index >= 15 is 0 Å². The third kappa shape index (κ3) is 4.94. The molecule has 2 rings (SSSR count). The molecule has 0 aliphatic carbocycles. The van der Waals surface area contributed by atoms with Gasteiger partial charge in [0.2, 0.25) is 0 Å². The lowest BCUT2D eigenvalue weighted by Gasteiger charge is -2.25. The lowest BCUT2D eigenvalue weighted by atomic mass is 10.1. The van der Waals surface area contributed by atoms with Crippen LogP contribution < -0.4 is 4.74 Å². The Morgan fingerprint density at radius 1 is 1.48 bits per heavy atom. The summed E-state index contributed by atoms with van der Waals surface area (Å²) in [6.07, 6.45) is 1.72. The normalized spacial score (nSPS) is 17.0. The maximum atomic E-state index is 12.8. The van der Waals surface area contributed by atoms with Crippen molar-refractivity contribution < 1.29 is 24.2 Å². The van der Waals surface area contributed by atoms with Crippen LogP contribution in [-0.4, -0.2) is 54.8 Å². The van der Waals surface area contributed by atoms with Crippen LogP contribution in [0.2, 0.25) is 0 Å². The molecule has 1 aliphatic rings. The second-order valence-corrected chi connectivity index (χ2v) is 6.23. The number of benzene rings is 1. The third-order valence-corrected chi connectivity index (χ3v) is 4.43. The largest absolute Gasteiger partial charge is 0.497 e. The van der Waals surface area contributed by atoms with E-state index in [1.807, 2.05) is 0 Å². The zero-order chi connectivity index (χ0) is 16.8. The first-order chi connectivity index (χ1) is 11.0. The van der Waals surface area contributed by atoms with Crippen LogP contribution in [0.15, 0.2) is 22.7 Å². The Hall–Kier alpha value is -1.60. The fourth-order valence-electron chi connectivity index (χ4n) is 2.51. The van der Waals surface area contributed by atoms with Gasteiger partial charge in [-0.05, 0) is 47.0 Å². The summed E-state index contributed by atoms with van der Waals surface area (Å²) in [5.41, 5.74) is 0.452. The predicted octanol–water partition coefficient (Wildman–Crippen LogP) is 2.55. The minimum atomic E-state index is -0.931. The van der Waals surface area contributed by atoms with Crippen LogP contribution in [0, 0.1) is 0 Å². The van der Waals surface area contributed by atoms with Crippen LogP contribution in [0.5, 0.6) is 5.75 Å². The van der Waals surface area contributed by atoms with Crippen molar-refractivity contribution in [1.82, 2.24) is 4.90 Å². The highest BCUT2D eigenvalue weighted by Crippen LogP contribution is 2.25. The summed E-state index contributed by atoms with van der Waals surface area (Å²) in [4.78, 5) is 25.2. The number of carbonyl (C=O) groups is 2. The quantitative estimate of drug-likeness (QED) is 0.780. The fourth-order valence-corrected chi connectivity index (χ4v) is 2.92. The number of ether oxygens (including phenoxy) is 2. The number of hydrogen-bond acceptors (Lipinski definition) is 4. The average Bonchev–Trinajstić information content (AvgIpc) is 3.04. The molecule has 0 radical (unpaired) electrons. The molecule has 0 spiro atoms. The second kappa shape index (κ2) is 8.31. The zero-order valence-electron chi connectivity index (χ0n) is 13.0. The maximum Gasteiger partial charge on any atom is 0.305 e. The maximum absolute atomic E-state index is 12.8. The van der Waals surface area contributed by atoms with E-state index in [1.165, 1.54) is 7.11 Å². The highest BCUT2D eigenvalue weighted by molar-refractivity contribution is 9.10. The van der Waals surface area contributed by atoms with Gasteiger partial charge in [-0.2, -0.15) is 0 Å². The van der Waals surface area contributed by atoms with Gasteiger partial charge in [0, 0.05) is 24.2 Å². The summed E-state index contributed by atoms with van der Waals surface area (Å²) in [6.45, 7) is 1.24. The summed E-state index contributed by atoms with van der Waals surface area (Å²) in [6, 6.07) is 5.14. The van der Waals surface area contributed by atoms with Gasteiger partial charge >= 0.3 is 5.97 Å². The van der Waals surface area contributed by atoms with E-state index in [-0.39, 0.29) is 25.0 Å².